The summed E-state index contributed by atoms with van der Waals surface area (Å²) in [4.78, 5) is 10.8. The number of nitrogens with zero attached hydrogens (tertiary/aromatic N) is 2. The van der Waals surface area contributed by atoms with Crippen LogP contribution in [0.2, 0.25) is 0 Å². The summed E-state index contributed by atoms with van der Waals surface area (Å²) >= 11 is 1.11. The third-order valence-electron chi connectivity index (χ3n) is 1.95. The molecule has 1 aromatic heterocycles. The number of benzene rings is 1. The molecule has 1 heterocycles. The number of amides is 1. The van der Waals surface area contributed by atoms with Gasteiger partial charge in [-0.15, -0.1) is 10.2 Å². The summed E-state index contributed by atoms with van der Waals surface area (Å²) in [5, 5.41) is 29.8. The van der Waals surface area contributed by atoms with Gasteiger partial charge in [0.15, 0.2) is 16.5 Å². The molecule has 0 radical (unpaired) electrons. The quantitative estimate of drug-likeness (QED) is 0.704. The number of carbonyl (C=O) groups excluding carboxylic acids is 1. The van der Waals surface area contributed by atoms with E-state index in [0.717, 1.165) is 11.3 Å². The van der Waals surface area contributed by atoms with E-state index >= 15 is 0 Å². The molecule has 0 aliphatic rings. The lowest BCUT2D eigenvalue weighted by Gasteiger charge is -2.01. The zero-order valence-electron chi connectivity index (χ0n) is 8.84. The van der Waals surface area contributed by atoms with E-state index in [0.29, 0.717) is 15.7 Å². The monoisotopic (exact) mass is 251 g/mol. The van der Waals surface area contributed by atoms with E-state index in [1.165, 1.54) is 13.0 Å². The van der Waals surface area contributed by atoms with Crippen LogP contribution in [0.15, 0.2) is 18.2 Å². The molecule has 1 amide bonds. The Balaban J connectivity index is 2.37. The predicted molar refractivity (Wildman–Crippen MR) is 63.0 cm³/mol. The fourth-order valence-electron chi connectivity index (χ4n) is 1.24. The van der Waals surface area contributed by atoms with Gasteiger partial charge in [0.1, 0.15) is 0 Å². The molecular weight excluding hydrogens is 242 g/mol. The molecule has 0 fully saturated rings. The van der Waals surface area contributed by atoms with Gasteiger partial charge in [0.05, 0.1) is 5.56 Å². The molecule has 17 heavy (non-hydrogen) atoms. The van der Waals surface area contributed by atoms with Crippen molar-refractivity contribution in [1.29, 1.82) is 0 Å². The van der Waals surface area contributed by atoms with Crippen molar-refractivity contribution in [1.82, 2.24) is 10.2 Å². The fraction of sp³-hybridized carbons (Fsp3) is 0.100. The van der Waals surface area contributed by atoms with Gasteiger partial charge in [-0.1, -0.05) is 17.4 Å². The fourth-order valence-corrected chi connectivity index (χ4v) is 2.05. The highest BCUT2D eigenvalue weighted by Gasteiger charge is 2.13. The Morgan fingerprint density at radius 2 is 2.12 bits per heavy atom. The second kappa shape index (κ2) is 4.38. The van der Waals surface area contributed by atoms with Crippen LogP contribution in [0, 0.1) is 0 Å². The molecule has 0 aliphatic heterocycles. The molecule has 6 nitrogen and oxygen atoms in total. The SMILES string of the molecule is CC(=O)Nc1nnc(-c2cccc(O)c2O)s1. The minimum atomic E-state index is -0.252. The van der Waals surface area contributed by atoms with Gasteiger partial charge >= 0.3 is 0 Å². The lowest BCUT2D eigenvalue weighted by molar-refractivity contribution is -0.114. The molecular formula is C10H9N3O3S. The van der Waals surface area contributed by atoms with Gasteiger partial charge in [-0.25, -0.2) is 0 Å². The van der Waals surface area contributed by atoms with E-state index in [1.54, 1.807) is 12.1 Å². The Kier molecular flexibility index (Phi) is 2.92. The summed E-state index contributed by atoms with van der Waals surface area (Å²) in [6.45, 7) is 1.37. The van der Waals surface area contributed by atoms with E-state index in [4.69, 9.17) is 0 Å². The average Bonchev–Trinajstić information content (AvgIpc) is 2.69. The number of rotatable bonds is 2. The summed E-state index contributed by atoms with van der Waals surface area (Å²) in [5.41, 5.74) is 0.374. The van der Waals surface area contributed by atoms with Crippen molar-refractivity contribution in [3.8, 4) is 22.1 Å². The zero-order valence-corrected chi connectivity index (χ0v) is 9.65. The van der Waals surface area contributed by atoms with Crippen LogP contribution in [0.5, 0.6) is 11.5 Å². The summed E-state index contributed by atoms with van der Waals surface area (Å²) in [5.74, 6) is -0.718. The van der Waals surface area contributed by atoms with Crippen molar-refractivity contribution in [3.05, 3.63) is 18.2 Å². The van der Waals surface area contributed by atoms with Crippen molar-refractivity contribution in [2.24, 2.45) is 0 Å². The normalized spacial score (nSPS) is 10.2. The van der Waals surface area contributed by atoms with Gasteiger partial charge in [-0.3, -0.25) is 4.79 Å². The number of phenols is 2. The third kappa shape index (κ3) is 2.34. The second-order valence-electron chi connectivity index (χ2n) is 3.27. The van der Waals surface area contributed by atoms with Crippen LogP contribution in [0.1, 0.15) is 6.92 Å². The minimum absolute atomic E-state index is 0.223. The molecule has 7 heteroatoms. The molecule has 0 saturated heterocycles. The first-order chi connectivity index (χ1) is 8.08. The molecule has 2 rings (SSSR count). The Hall–Kier alpha value is -2.15. The molecule has 0 bridgehead atoms. The first-order valence-electron chi connectivity index (χ1n) is 4.70. The topological polar surface area (TPSA) is 95.3 Å². The maximum absolute atomic E-state index is 10.8. The number of anilines is 1. The lowest BCUT2D eigenvalue weighted by atomic mass is 10.2. The molecule has 0 spiro atoms. The van der Waals surface area contributed by atoms with E-state index in [2.05, 4.69) is 15.5 Å². The number of nitrogens with one attached hydrogen (secondary N) is 1. The van der Waals surface area contributed by atoms with Crippen LogP contribution in [-0.4, -0.2) is 26.3 Å². The van der Waals surface area contributed by atoms with Crippen molar-refractivity contribution < 1.29 is 15.0 Å². The van der Waals surface area contributed by atoms with Gasteiger partial charge < -0.3 is 15.5 Å². The molecule has 3 N–H and O–H groups in total. The van der Waals surface area contributed by atoms with Crippen LogP contribution in [0.25, 0.3) is 10.6 Å². The zero-order chi connectivity index (χ0) is 12.4. The summed E-state index contributed by atoms with van der Waals surface area (Å²) in [7, 11) is 0. The van der Waals surface area contributed by atoms with Gasteiger partial charge in [0, 0.05) is 6.92 Å². The third-order valence-corrected chi connectivity index (χ3v) is 2.83. The van der Waals surface area contributed by atoms with Crippen LogP contribution in [-0.2, 0) is 4.79 Å². The summed E-state index contributed by atoms with van der Waals surface area (Å²) < 4.78 is 0. The van der Waals surface area contributed by atoms with Crippen molar-refractivity contribution >= 4 is 22.4 Å². The Morgan fingerprint density at radius 1 is 1.35 bits per heavy atom. The Bertz CT molecular complexity index is 568. The van der Waals surface area contributed by atoms with Crippen LogP contribution < -0.4 is 5.32 Å². The highest BCUT2D eigenvalue weighted by Crippen LogP contribution is 2.38. The van der Waals surface area contributed by atoms with Crippen LogP contribution >= 0.6 is 11.3 Å². The maximum atomic E-state index is 10.8. The summed E-state index contributed by atoms with van der Waals surface area (Å²) in [6, 6.07) is 4.56. The number of carbonyl (C=O) groups is 1. The smallest absolute Gasteiger partial charge is 0.223 e. The number of aromatic hydroxyl groups is 2. The second-order valence-corrected chi connectivity index (χ2v) is 4.24. The molecule has 0 aliphatic carbocycles. The van der Waals surface area contributed by atoms with Crippen LogP contribution in [0.4, 0.5) is 5.13 Å². The standard InChI is InChI=1S/C10H9N3O3S/c1-5(14)11-10-13-12-9(17-10)6-3-2-4-7(15)8(6)16/h2-4,15-16H,1H3,(H,11,13,14). The van der Waals surface area contributed by atoms with Crippen molar-refractivity contribution in [2.45, 2.75) is 6.92 Å². The molecule has 2 aromatic rings. The molecule has 1 aromatic carbocycles. The molecule has 0 saturated carbocycles. The summed E-state index contributed by atoms with van der Waals surface area (Å²) in [6.07, 6.45) is 0. The number of hydrogen-bond acceptors (Lipinski definition) is 6. The van der Waals surface area contributed by atoms with Gasteiger partial charge in [0.2, 0.25) is 11.0 Å². The first-order valence-corrected chi connectivity index (χ1v) is 5.52. The number of phenolic OH excluding ortho intramolecular Hbond substituents is 2. The largest absolute Gasteiger partial charge is 0.504 e. The molecule has 88 valence electrons. The van der Waals surface area contributed by atoms with E-state index in [9.17, 15) is 15.0 Å². The van der Waals surface area contributed by atoms with E-state index in [-0.39, 0.29) is 17.4 Å². The number of para-hydroxylation sites is 1. The van der Waals surface area contributed by atoms with Crippen molar-refractivity contribution in [3.63, 3.8) is 0 Å². The molecule has 0 unspecified atom stereocenters. The first kappa shape index (κ1) is 11.3. The van der Waals surface area contributed by atoms with Gasteiger partial charge in [0.25, 0.3) is 0 Å². The average molecular weight is 251 g/mol. The van der Waals surface area contributed by atoms with Crippen molar-refractivity contribution in [2.75, 3.05) is 5.32 Å². The number of hydrogen-bond donors (Lipinski definition) is 3. The maximum Gasteiger partial charge on any atom is 0.223 e. The Labute approximate surface area is 101 Å². The van der Waals surface area contributed by atoms with Gasteiger partial charge in [-0.2, -0.15) is 0 Å². The van der Waals surface area contributed by atoms with E-state index in [1.807, 2.05) is 0 Å². The van der Waals surface area contributed by atoms with Crippen LogP contribution in [0.3, 0.4) is 0 Å². The number of aromatic nitrogens is 2. The predicted octanol–water partition coefficient (Wildman–Crippen LogP) is 1.57. The molecule has 0 atom stereocenters. The van der Waals surface area contributed by atoms with Gasteiger partial charge in [-0.05, 0) is 12.1 Å². The highest BCUT2D eigenvalue weighted by atomic mass is 32.1. The minimum Gasteiger partial charge on any atom is -0.504 e. The van der Waals surface area contributed by atoms with E-state index < -0.39 is 0 Å². The Morgan fingerprint density at radius 3 is 2.82 bits per heavy atom. The highest BCUT2D eigenvalue weighted by molar-refractivity contribution is 7.18. The lowest BCUT2D eigenvalue weighted by Crippen LogP contribution is -2.04.